The zero-order valence-corrected chi connectivity index (χ0v) is 14.3. The lowest BCUT2D eigenvalue weighted by atomic mass is 10.2. The van der Waals surface area contributed by atoms with E-state index in [1.54, 1.807) is 24.9 Å². The predicted molar refractivity (Wildman–Crippen MR) is 90.5 cm³/mol. The zero-order chi connectivity index (χ0) is 16.6. The van der Waals surface area contributed by atoms with E-state index in [1.165, 1.54) is 23.0 Å². The molecule has 130 valence electrons. The lowest BCUT2D eigenvalue weighted by molar-refractivity contribution is 0.0734. The quantitative estimate of drug-likeness (QED) is 0.883. The molecular formula is C16H20ClFN4O2. The van der Waals surface area contributed by atoms with Crippen molar-refractivity contribution in [2.24, 2.45) is 0 Å². The molecule has 0 aliphatic carbocycles. The molecule has 6 nitrogen and oxygen atoms in total. The summed E-state index contributed by atoms with van der Waals surface area (Å²) in [4.78, 5) is 14.1. The van der Waals surface area contributed by atoms with Crippen molar-refractivity contribution in [3.8, 4) is 11.4 Å². The fourth-order valence-corrected chi connectivity index (χ4v) is 2.82. The first kappa shape index (κ1) is 18.2. The van der Waals surface area contributed by atoms with Gasteiger partial charge in [-0.25, -0.2) is 9.07 Å². The first-order valence-electron chi connectivity index (χ1n) is 7.50. The highest BCUT2D eigenvalue weighted by molar-refractivity contribution is 5.95. The molecule has 0 radical (unpaired) electrons. The van der Waals surface area contributed by atoms with Crippen LogP contribution < -0.4 is 5.32 Å². The largest absolute Gasteiger partial charge is 0.504 e. The van der Waals surface area contributed by atoms with Crippen LogP contribution in [0.25, 0.3) is 5.69 Å². The van der Waals surface area contributed by atoms with E-state index >= 15 is 0 Å². The Morgan fingerprint density at radius 3 is 2.88 bits per heavy atom. The zero-order valence-electron chi connectivity index (χ0n) is 13.5. The molecule has 1 unspecified atom stereocenters. The predicted octanol–water partition coefficient (Wildman–Crippen LogP) is 1.88. The maximum atomic E-state index is 13.2. The molecule has 1 saturated heterocycles. The molecule has 1 aliphatic heterocycles. The van der Waals surface area contributed by atoms with Gasteiger partial charge in [-0.1, -0.05) is 0 Å². The lowest BCUT2D eigenvalue weighted by Crippen LogP contribution is -2.38. The fourth-order valence-electron chi connectivity index (χ4n) is 2.82. The number of aromatic nitrogens is 2. The molecule has 0 bridgehead atoms. The van der Waals surface area contributed by atoms with E-state index in [1.807, 2.05) is 0 Å². The van der Waals surface area contributed by atoms with Crippen LogP contribution in [0.3, 0.4) is 0 Å². The molecule has 1 aromatic heterocycles. The van der Waals surface area contributed by atoms with Crippen LogP contribution in [0.2, 0.25) is 0 Å². The number of rotatable bonds is 3. The van der Waals surface area contributed by atoms with Crippen LogP contribution in [0, 0.1) is 12.7 Å². The van der Waals surface area contributed by atoms with Gasteiger partial charge >= 0.3 is 0 Å². The van der Waals surface area contributed by atoms with Crippen molar-refractivity contribution in [3.63, 3.8) is 0 Å². The number of carbonyl (C=O) groups excluding carboxylic acids is 1. The average molecular weight is 355 g/mol. The standard InChI is InChI=1S/C16H19FN4O2.ClH/c1-10-7-11(17)3-4-13(10)21-9-14(22)15(19-21)16(23)20(2)12-5-6-18-8-12;/h3-4,7,9,12,18,22H,5-6,8H2,1-2H3;1H. The van der Waals surface area contributed by atoms with Crippen molar-refractivity contribution < 1.29 is 14.3 Å². The molecule has 3 rings (SSSR count). The molecule has 2 N–H and O–H groups in total. The van der Waals surface area contributed by atoms with Gasteiger partial charge in [0.15, 0.2) is 11.4 Å². The van der Waals surface area contributed by atoms with Crippen molar-refractivity contribution in [3.05, 3.63) is 41.5 Å². The van der Waals surface area contributed by atoms with Gasteiger partial charge in [-0.2, -0.15) is 5.10 Å². The Labute approximate surface area is 145 Å². The summed E-state index contributed by atoms with van der Waals surface area (Å²) >= 11 is 0. The first-order valence-corrected chi connectivity index (χ1v) is 7.50. The van der Waals surface area contributed by atoms with E-state index in [2.05, 4.69) is 10.4 Å². The summed E-state index contributed by atoms with van der Waals surface area (Å²) in [5, 5.41) is 17.5. The van der Waals surface area contributed by atoms with Crippen molar-refractivity contribution in [2.45, 2.75) is 19.4 Å². The number of likely N-dealkylation sites (N-methyl/N-ethyl adjacent to an activating group) is 1. The second-order valence-electron chi connectivity index (χ2n) is 5.80. The minimum atomic E-state index is -0.340. The topological polar surface area (TPSA) is 70.4 Å². The van der Waals surface area contributed by atoms with Gasteiger partial charge in [0.2, 0.25) is 0 Å². The van der Waals surface area contributed by atoms with Crippen LogP contribution in [0.4, 0.5) is 4.39 Å². The molecular weight excluding hydrogens is 335 g/mol. The Hall–Kier alpha value is -2.12. The summed E-state index contributed by atoms with van der Waals surface area (Å²) in [6.07, 6.45) is 2.25. The molecule has 1 amide bonds. The Morgan fingerprint density at radius 1 is 1.50 bits per heavy atom. The number of aryl methyl sites for hydroxylation is 1. The molecule has 24 heavy (non-hydrogen) atoms. The van der Waals surface area contributed by atoms with Crippen LogP contribution in [0.15, 0.2) is 24.4 Å². The number of aromatic hydroxyl groups is 1. The molecule has 1 atom stereocenters. The van der Waals surface area contributed by atoms with E-state index in [0.29, 0.717) is 11.3 Å². The Balaban J connectivity index is 0.00000208. The van der Waals surface area contributed by atoms with Gasteiger partial charge < -0.3 is 15.3 Å². The van der Waals surface area contributed by atoms with E-state index in [9.17, 15) is 14.3 Å². The van der Waals surface area contributed by atoms with E-state index in [0.717, 1.165) is 19.5 Å². The number of carbonyl (C=O) groups is 1. The maximum absolute atomic E-state index is 13.2. The van der Waals surface area contributed by atoms with Gasteiger partial charge in [-0.05, 0) is 43.7 Å². The molecule has 1 aromatic carbocycles. The maximum Gasteiger partial charge on any atom is 0.278 e. The molecule has 2 aromatic rings. The van der Waals surface area contributed by atoms with Crippen molar-refractivity contribution in [2.75, 3.05) is 20.1 Å². The van der Waals surface area contributed by atoms with Crippen LogP contribution >= 0.6 is 12.4 Å². The summed E-state index contributed by atoms with van der Waals surface area (Å²) in [6.45, 7) is 3.35. The van der Waals surface area contributed by atoms with Gasteiger partial charge in [-0.15, -0.1) is 12.4 Å². The van der Waals surface area contributed by atoms with Crippen LogP contribution in [-0.2, 0) is 0 Å². The van der Waals surface area contributed by atoms with E-state index in [4.69, 9.17) is 0 Å². The number of hydrogen-bond donors (Lipinski definition) is 2. The number of amides is 1. The van der Waals surface area contributed by atoms with Crippen molar-refractivity contribution in [1.82, 2.24) is 20.0 Å². The fraction of sp³-hybridized carbons (Fsp3) is 0.375. The third-order valence-electron chi connectivity index (χ3n) is 4.21. The minimum absolute atomic E-state index is 0. The summed E-state index contributed by atoms with van der Waals surface area (Å²) < 4.78 is 14.6. The highest BCUT2D eigenvalue weighted by atomic mass is 35.5. The Bertz CT molecular complexity index is 744. The molecule has 1 aliphatic rings. The molecule has 1 fully saturated rings. The van der Waals surface area contributed by atoms with Gasteiger partial charge in [-0.3, -0.25) is 4.79 Å². The summed E-state index contributed by atoms with van der Waals surface area (Å²) in [5.41, 5.74) is 1.29. The summed E-state index contributed by atoms with van der Waals surface area (Å²) in [6, 6.07) is 4.36. The average Bonchev–Trinajstić information content (AvgIpc) is 3.15. The Morgan fingerprint density at radius 2 is 2.25 bits per heavy atom. The number of hydrogen-bond acceptors (Lipinski definition) is 4. The van der Waals surface area contributed by atoms with Gasteiger partial charge in [0, 0.05) is 19.6 Å². The van der Waals surface area contributed by atoms with Crippen LogP contribution in [0.5, 0.6) is 5.75 Å². The number of halogens is 2. The minimum Gasteiger partial charge on any atom is -0.504 e. The van der Waals surface area contributed by atoms with Gasteiger partial charge in [0.05, 0.1) is 11.9 Å². The van der Waals surface area contributed by atoms with Gasteiger partial charge in [0.1, 0.15) is 5.82 Å². The van der Waals surface area contributed by atoms with Crippen molar-refractivity contribution >= 4 is 18.3 Å². The SMILES string of the molecule is Cc1cc(F)ccc1-n1cc(O)c(C(=O)N(C)C2CCNC2)n1.Cl. The van der Waals surface area contributed by atoms with Crippen molar-refractivity contribution in [1.29, 1.82) is 0 Å². The summed E-state index contributed by atoms with van der Waals surface area (Å²) in [5.74, 6) is -0.848. The van der Waals surface area contributed by atoms with Crippen LogP contribution in [0.1, 0.15) is 22.5 Å². The Kier molecular flexibility index (Phi) is 5.46. The third-order valence-corrected chi connectivity index (χ3v) is 4.21. The molecule has 0 spiro atoms. The second-order valence-corrected chi connectivity index (χ2v) is 5.80. The van der Waals surface area contributed by atoms with Gasteiger partial charge in [0.25, 0.3) is 5.91 Å². The smallest absolute Gasteiger partial charge is 0.278 e. The molecule has 0 saturated carbocycles. The normalized spacial score (nSPS) is 16.7. The van der Waals surface area contributed by atoms with Crippen LogP contribution in [-0.4, -0.2) is 51.9 Å². The number of nitrogens with one attached hydrogen (secondary N) is 1. The number of benzene rings is 1. The second kappa shape index (κ2) is 7.19. The van der Waals surface area contributed by atoms with E-state index < -0.39 is 0 Å². The lowest BCUT2D eigenvalue weighted by Gasteiger charge is -2.22. The molecule has 2 heterocycles. The highest BCUT2D eigenvalue weighted by Gasteiger charge is 2.28. The van der Waals surface area contributed by atoms with E-state index in [-0.39, 0.29) is 41.6 Å². The number of nitrogens with zero attached hydrogens (tertiary/aromatic N) is 3. The molecule has 8 heteroatoms. The highest BCUT2D eigenvalue weighted by Crippen LogP contribution is 2.23. The first-order chi connectivity index (χ1) is 11.0. The summed E-state index contributed by atoms with van der Waals surface area (Å²) in [7, 11) is 1.71. The third kappa shape index (κ3) is 3.37. The monoisotopic (exact) mass is 354 g/mol.